The summed E-state index contributed by atoms with van der Waals surface area (Å²) >= 11 is 0. The van der Waals surface area contributed by atoms with Gasteiger partial charge >= 0.3 is 0 Å². The Balaban J connectivity index is 2.56. The van der Waals surface area contributed by atoms with E-state index in [1.807, 2.05) is 25.2 Å². The molecule has 0 aliphatic carbocycles. The highest BCUT2D eigenvalue weighted by Crippen LogP contribution is 2.20. The van der Waals surface area contributed by atoms with Crippen LogP contribution in [0.5, 0.6) is 0 Å². The van der Waals surface area contributed by atoms with Crippen molar-refractivity contribution in [2.45, 2.75) is 26.8 Å². The van der Waals surface area contributed by atoms with Gasteiger partial charge in [0.1, 0.15) is 9.84 Å². The molecule has 0 saturated heterocycles. The summed E-state index contributed by atoms with van der Waals surface area (Å²) in [6, 6.07) is 10.2. The minimum absolute atomic E-state index is 0.118. The molecule has 0 aliphatic rings. The van der Waals surface area contributed by atoms with Crippen molar-refractivity contribution >= 4 is 15.8 Å². The van der Waals surface area contributed by atoms with E-state index in [0.29, 0.717) is 13.0 Å². The van der Waals surface area contributed by atoms with Crippen molar-refractivity contribution in [3.05, 3.63) is 35.9 Å². The number of guanidine groups is 1. The molecule has 0 heterocycles. The number of sulfone groups is 1. The highest BCUT2D eigenvalue weighted by atomic mass is 32.2. The fourth-order valence-corrected chi connectivity index (χ4v) is 3.11. The van der Waals surface area contributed by atoms with Crippen LogP contribution in [0.25, 0.3) is 0 Å². The average Bonchev–Trinajstić information content (AvgIpc) is 2.46. The van der Waals surface area contributed by atoms with E-state index in [2.05, 4.69) is 41.2 Å². The maximum atomic E-state index is 11.3. The van der Waals surface area contributed by atoms with Gasteiger partial charge in [-0.05, 0) is 17.4 Å². The first-order chi connectivity index (χ1) is 10.6. The minimum Gasteiger partial charge on any atom is -0.356 e. The average molecular weight is 340 g/mol. The number of aliphatic imine (C=N–C) groups is 1. The Morgan fingerprint density at radius 1 is 1.26 bits per heavy atom. The van der Waals surface area contributed by atoms with Crippen LogP contribution in [0.15, 0.2) is 35.3 Å². The third kappa shape index (κ3) is 8.02. The molecule has 0 atom stereocenters. The number of rotatable bonds is 7. The van der Waals surface area contributed by atoms with E-state index in [4.69, 9.17) is 0 Å². The van der Waals surface area contributed by atoms with Crippen molar-refractivity contribution in [2.24, 2.45) is 10.4 Å². The zero-order valence-electron chi connectivity index (χ0n) is 14.8. The van der Waals surface area contributed by atoms with Gasteiger partial charge in [0.15, 0.2) is 5.96 Å². The van der Waals surface area contributed by atoms with Gasteiger partial charge in [-0.15, -0.1) is 0 Å². The van der Waals surface area contributed by atoms with Gasteiger partial charge in [-0.2, -0.15) is 0 Å². The smallest absolute Gasteiger partial charge is 0.193 e. The predicted octanol–water partition coefficient (Wildman–Crippen LogP) is 2.15. The predicted molar refractivity (Wildman–Crippen MR) is 97.4 cm³/mol. The van der Waals surface area contributed by atoms with Crippen molar-refractivity contribution in [3.63, 3.8) is 0 Å². The summed E-state index contributed by atoms with van der Waals surface area (Å²) in [6.45, 7) is 5.57. The Morgan fingerprint density at radius 2 is 1.87 bits per heavy atom. The van der Waals surface area contributed by atoms with Gasteiger partial charge < -0.3 is 10.2 Å². The third-order valence-electron chi connectivity index (χ3n) is 3.71. The van der Waals surface area contributed by atoms with E-state index in [0.717, 1.165) is 12.5 Å². The van der Waals surface area contributed by atoms with Crippen LogP contribution in [0.1, 0.15) is 25.8 Å². The van der Waals surface area contributed by atoms with Gasteiger partial charge in [-0.25, -0.2) is 8.42 Å². The summed E-state index contributed by atoms with van der Waals surface area (Å²) < 4.78 is 22.7. The van der Waals surface area contributed by atoms with Gasteiger partial charge in [0.25, 0.3) is 0 Å². The highest BCUT2D eigenvalue weighted by molar-refractivity contribution is 7.90. The van der Waals surface area contributed by atoms with E-state index in [-0.39, 0.29) is 11.2 Å². The maximum Gasteiger partial charge on any atom is 0.193 e. The highest BCUT2D eigenvalue weighted by Gasteiger charge is 2.21. The Bertz CT molecular complexity index is 610. The summed E-state index contributed by atoms with van der Waals surface area (Å²) in [4.78, 5) is 6.37. The Morgan fingerprint density at radius 3 is 2.39 bits per heavy atom. The SMILES string of the molecule is CN=C(NCC(C)(C)CCS(C)(=O)=O)N(C)Cc1ccccc1. The monoisotopic (exact) mass is 339 g/mol. The number of nitrogens with zero attached hydrogens (tertiary/aromatic N) is 2. The molecular formula is C17H29N3O2S. The topological polar surface area (TPSA) is 61.8 Å². The molecule has 0 bridgehead atoms. The van der Waals surface area contributed by atoms with Crippen LogP contribution in [0.4, 0.5) is 0 Å². The quantitative estimate of drug-likeness (QED) is 0.611. The lowest BCUT2D eigenvalue weighted by atomic mass is 9.90. The maximum absolute atomic E-state index is 11.3. The molecule has 1 N–H and O–H groups in total. The van der Waals surface area contributed by atoms with Crippen molar-refractivity contribution in [1.29, 1.82) is 0 Å². The second-order valence-corrected chi connectivity index (χ2v) is 9.05. The number of nitrogens with one attached hydrogen (secondary N) is 1. The van der Waals surface area contributed by atoms with E-state index >= 15 is 0 Å². The molecule has 0 amide bonds. The molecule has 0 fully saturated rings. The molecule has 0 saturated carbocycles. The van der Waals surface area contributed by atoms with Crippen molar-refractivity contribution < 1.29 is 8.42 Å². The number of hydrogen-bond donors (Lipinski definition) is 1. The van der Waals surface area contributed by atoms with Crippen LogP contribution >= 0.6 is 0 Å². The normalized spacial score (nSPS) is 13.0. The van der Waals surface area contributed by atoms with Crippen LogP contribution in [0.2, 0.25) is 0 Å². The third-order valence-corrected chi connectivity index (χ3v) is 4.66. The molecule has 5 nitrogen and oxygen atoms in total. The van der Waals surface area contributed by atoms with Crippen molar-refractivity contribution in [2.75, 3.05) is 32.6 Å². The molecule has 0 unspecified atom stereocenters. The summed E-state index contributed by atoms with van der Waals surface area (Å²) in [6.07, 6.45) is 1.90. The fraction of sp³-hybridized carbons (Fsp3) is 0.588. The molecule has 6 heteroatoms. The molecular weight excluding hydrogens is 310 g/mol. The molecule has 0 aliphatic heterocycles. The van der Waals surface area contributed by atoms with Crippen LogP contribution in [0.3, 0.4) is 0 Å². The van der Waals surface area contributed by atoms with Gasteiger partial charge in [0, 0.05) is 33.4 Å². The largest absolute Gasteiger partial charge is 0.356 e. The summed E-state index contributed by atoms with van der Waals surface area (Å²) in [5.74, 6) is 1.02. The summed E-state index contributed by atoms with van der Waals surface area (Å²) in [5.41, 5.74) is 1.10. The van der Waals surface area contributed by atoms with E-state index in [9.17, 15) is 8.42 Å². The van der Waals surface area contributed by atoms with Gasteiger partial charge in [-0.1, -0.05) is 44.2 Å². The molecule has 0 spiro atoms. The lowest BCUT2D eigenvalue weighted by Crippen LogP contribution is -2.43. The van der Waals surface area contributed by atoms with Crippen LogP contribution in [-0.2, 0) is 16.4 Å². The van der Waals surface area contributed by atoms with E-state index in [1.165, 1.54) is 11.8 Å². The first kappa shape index (κ1) is 19.5. The zero-order valence-corrected chi connectivity index (χ0v) is 15.7. The second-order valence-electron chi connectivity index (χ2n) is 6.79. The van der Waals surface area contributed by atoms with Gasteiger partial charge in [0.2, 0.25) is 0 Å². The molecule has 0 radical (unpaired) electrons. The molecule has 1 aromatic carbocycles. The van der Waals surface area contributed by atoms with E-state index < -0.39 is 9.84 Å². The molecule has 1 rings (SSSR count). The van der Waals surface area contributed by atoms with Crippen molar-refractivity contribution in [1.82, 2.24) is 10.2 Å². The zero-order chi connectivity index (χ0) is 17.5. The Hall–Kier alpha value is -1.56. The van der Waals surface area contributed by atoms with Gasteiger partial charge in [-0.3, -0.25) is 4.99 Å². The van der Waals surface area contributed by atoms with Gasteiger partial charge in [0.05, 0.1) is 5.75 Å². The van der Waals surface area contributed by atoms with E-state index in [1.54, 1.807) is 7.05 Å². The second kappa shape index (κ2) is 8.34. The minimum atomic E-state index is -2.93. The Kier molecular flexibility index (Phi) is 7.06. The van der Waals surface area contributed by atoms with Crippen LogP contribution in [0, 0.1) is 5.41 Å². The summed E-state index contributed by atoms with van der Waals surface area (Å²) in [7, 11) is 0.822. The Labute approximate surface area is 140 Å². The molecule has 1 aromatic rings. The lowest BCUT2D eigenvalue weighted by molar-refractivity contribution is 0.340. The molecule has 23 heavy (non-hydrogen) atoms. The summed E-state index contributed by atoms with van der Waals surface area (Å²) in [5, 5.41) is 3.35. The lowest BCUT2D eigenvalue weighted by Gasteiger charge is -2.28. The molecule has 0 aromatic heterocycles. The standard InChI is InChI=1S/C17H29N3O2S/c1-17(2,11-12-23(5,21)22)14-19-16(18-3)20(4)13-15-9-7-6-8-10-15/h6-10H,11-14H2,1-5H3,(H,18,19). The van der Waals surface area contributed by atoms with Crippen molar-refractivity contribution in [3.8, 4) is 0 Å². The van der Waals surface area contributed by atoms with Crippen LogP contribution in [-0.4, -0.2) is 51.9 Å². The van der Waals surface area contributed by atoms with Crippen LogP contribution < -0.4 is 5.32 Å². The number of hydrogen-bond acceptors (Lipinski definition) is 3. The first-order valence-corrected chi connectivity index (χ1v) is 9.82. The fourth-order valence-electron chi connectivity index (χ4n) is 2.19. The molecule has 130 valence electrons. The first-order valence-electron chi connectivity index (χ1n) is 7.76. The number of benzene rings is 1.